The van der Waals surface area contributed by atoms with Gasteiger partial charge < -0.3 is 4.90 Å². The Morgan fingerprint density at radius 1 is 1.40 bits per heavy atom. The second kappa shape index (κ2) is 2.29. The van der Waals surface area contributed by atoms with Crippen molar-refractivity contribution in [2.75, 3.05) is 6.54 Å². The third kappa shape index (κ3) is 0.856. The summed E-state index contributed by atoms with van der Waals surface area (Å²) in [6.07, 6.45) is 10.5. The summed E-state index contributed by atoms with van der Waals surface area (Å²) in [5.41, 5.74) is 0. The lowest BCUT2D eigenvalue weighted by molar-refractivity contribution is 0.577. The summed E-state index contributed by atoms with van der Waals surface area (Å²) >= 11 is 0. The van der Waals surface area contributed by atoms with Crippen LogP contribution in [0.4, 0.5) is 0 Å². The van der Waals surface area contributed by atoms with E-state index in [0.717, 1.165) is 19.4 Å². The number of allylic oxidation sites excluding steroid dienone is 1. The third-order valence-electron chi connectivity index (χ3n) is 1.78. The number of amidine groups is 1. The first-order valence-corrected chi connectivity index (χ1v) is 3.62. The standard InChI is InChI=1S/C8H10N2/c1-2-6-10-7-3-5-9-8(10)4-1/h2-3,5-6H,1,4,7H2. The van der Waals surface area contributed by atoms with Gasteiger partial charge in [0.25, 0.3) is 0 Å². The minimum atomic E-state index is 0.995. The average Bonchev–Trinajstić information content (AvgIpc) is 2.05. The van der Waals surface area contributed by atoms with Crippen LogP contribution in [0.15, 0.2) is 29.5 Å². The molecule has 0 saturated carbocycles. The predicted octanol–water partition coefficient (Wildman–Crippen LogP) is 1.52. The van der Waals surface area contributed by atoms with Gasteiger partial charge in [0.2, 0.25) is 0 Å². The Morgan fingerprint density at radius 2 is 2.40 bits per heavy atom. The Morgan fingerprint density at radius 3 is 3.30 bits per heavy atom. The first kappa shape index (κ1) is 5.71. The molecule has 0 amide bonds. The molecule has 2 aliphatic heterocycles. The van der Waals surface area contributed by atoms with Crippen molar-refractivity contribution < 1.29 is 0 Å². The molecule has 52 valence electrons. The van der Waals surface area contributed by atoms with Crippen LogP contribution in [0.2, 0.25) is 0 Å². The zero-order valence-corrected chi connectivity index (χ0v) is 5.83. The number of fused-ring (bicyclic) bond motifs is 1. The molecule has 10 heavy (non-hydrogen) atoms. The van der Waals surface area contributed by atoms with Gasteiger partial charge in [0.05, 0.1) is 0 Å². The molecule has 0 aromatic carbocycles. The summed E-state index contributed by atoms with van der Waals surface area (Å²) in [7, 11) is 0. The van der Waals surface area contributed by atoms with Crippen molar-refractivity contribution in [1.82, 2.24) is 4.90 Å². The van der Waals surface area contributed by atoms with Gasteiger partial charge in [0.15, 0.2) is 0 Å². The van der Waals surface area contributed by atoms with Crippen LogP contribution < -0.4 is 0 Å². The van der Waals surface area contributed by atoms with E-state index in [1.54, 1.807) is 0 Å². The van der Waals surface area contributed by atoms with Crippen LogP contribution in [0.5, 0.6) is 0 Å². The van der Waals surface area contributed by atoms with E-state index < -0.39 is 0 Å². The molecular formula is C8H10N2. The van der Waals surface area contributed by atoms with Crippen LogP contribution in [0, 0.1) is 0 Å². The zero-order valence-electron chi connectivity index (χ0n) is 5.83. The van der Waals surface area contributed by atoms with Crippen molar-refractivity contribution in [1.29, 1.82) is 0 Å². The van der Waals surface area contributed by atoms with Gasteiger partial charge in [-0.3, -0.25) is 0 Å². The molecule has 0 saturated heterocycles. The fourth-order valence-corrected chi connectivity index (χ4v) is 1.25. The molecule has 0 unspecified atom stereocenters. The van der Waals surface area contributed by atoms with Crippen molar-refractivity contribution in [2.24, 2.45) is 4.99 Å². The van der Waals surface area contributed by atoms with E-state index >= 15 is 0 Å². The van der Waals surface area contributed by atoms with Gasteiger partial charge in [-0.05, 0) is 12.5 Å². The minimum Gasteiger partial charge on any atom is -0.333 e. The number of nitrogens with zero attached hydrogens (tertiary/aromatic N) is 2. The maximum Gasteiger partial charge on any atom is 0.109 e. The first-order valence-electron chi connectivity index (χ1n) is 3.62. The zero-order chi connectivity index (χ0) is 6.81. The van der Waals surface area contributed by atoms with Gasteiger partial charge in [-0.1, -0.05) is 6.08 Å². The lowest BCUT2D eigenvalue weighted by Crippen LogP contribution is -2.29. The summed E-state index contributed by atoms with van der Waals surface area (Å²) in [6, 6.07) is 0. The number of hydrogen-bond acceptors (Lipinski definition) is 2. The van der Waals surface area contributed by atoms with Gasteiger partial charge >= 0.3 is 0 Å². The topological polar surface area (TPSA) is 15.6 Å². The number of rotatable bonds is 0. The Kier molecular flexibility index (Phi) is 1.31. The SMILES string of the molecule is C1=CN2CC=CN=C2CC1. The van der Waals surface area contributed by atoms with E-state index in [1.165, 1.54) is 5.84 Å². The molecule has 0 radical (unpaired) electrons. The van der Waals surface area contributed by atoms with Gasteiger partial charge in [0, 0.05) is 25.4 Å². The molecule has 0 aromatic rings. The highest BCUT2D eigenvalue weighted by molar-refractivity contribution is 5.85. The Bertz CT molecular complexity index is 213. The smallest absolute Gasteiger partial charge is 0.109 e. The lowest BCUT2D eigenvalue weighted by Gasteiger charge is -2.25. The van der Waals surface area contributed by atoms with Crippen molar-refractivity contribution >= 4 is 5.84 Å². The summed E-state index contributed by atoms with van der Waals surface area (Å²) in [5, 5.41) is 0. The normalized spacial score (nSPS) is 22.4. The maximum absolute atomic E-state index is 4.26. The molecule has 0 atom stereocenters. The van der Waals surface area contributed by atoms with E-state index in [1.807, 2.05) is 6.20 Å². The van der Waals surface area contributed by atoms with Gasteiger partial charge in [0.1, 0.15) is 5.84 Å². The summed E-state index contributed by atoms with van der Waals surface area (Å²) < 4.78 is 0. The predicted molar refractivity (Wildman–Crippen MR) is 41.7 cm³/mol. The van der Waals surface area contributed by atoms with E-state index in [9.17, 15) is 0 Å². The van der Waals surface area contributed by atoms with Crippen LogP contribution in [0.25, 0.3) is 0 Å². The fourth-order valence-electron chi connectivity index (χ4n) is 1.25. The van der Waals surface area contributed by atoms with E-state index in [0.29, 0.717) is 0 Å². The highest BCUT2D eigenvalue weighted by Crippen LogP contribution is 2.11. The summed E-state index contributed by atoms with van der Waals surface area (Å²) in [4.78, 5) is 6.45. The molecule has 0 spiro atoms. The van der Waals surface area contributed by atoms with Gasteiger partial charge in [-0.25, -0.2) is 4.99 Å². The second-order valence-corrected chi connectivity index (χ2v) is 2.51. The van der Waals surface area contributed by atoms with Crippen LogP contribution >= 0.6 is 0 Å². The number of aliphatic imine (C=N–C) groups is 1. The van der Waals surface area contributed by atoms with Crippen molar-refractivity contribution in [3.63, 3.8) is 0 Å². The molecule has 0 aromatic heterocycles. The first-order chi connectivity index (χ1) is 4.97. The largest absolute Gasteiger partial charge is 0.333 e. The molecule has 2 heterocycles. The quantitative estimate of drug-likeness (QED) is 0.490. The maximum atomic E-state index is 4.26. The lowest BCUT2D eigenvalue weighted by atomic mass is 10.2. The van der Waals surface area contributed by atoms with Crippen LogP contribution in [-0.2, 0) is 0 Å². The Hall–Kier alpha value is -1.05. The Labute approximate surface area is 60.6 Å². The van der Waals surface area contributed by atoms with Crippen LogP contribution in [0.1, 0.15) is 12.8 Å². The fraction of sp³-hybridized carbons (Fsp3) is 0.375. The molecule has 2 aliphatic rings. The Balaban J connectivity index is 2.26. The molecule has 0 fully saturated rings. The van der Waals surface area contributed by atoms with E-state index in [-0.39, 0.29) is 0 Å². The summed E-state index contributed by atoms with van der Waals surface area (Å²) in [5.74, 6) is 1.21. The minimum absolute atomic E-state index is 0.995. The third-order valence-corrected chi connectivity index (χ3v) is 1.78. The van der Waals surface area contributed by atoms with Gasteiger partial charge in [-0.15, -0.1) is 0 Å². The average molecular weight is 134 g/mol. The van der Waals surface area contributed by atoms with E-state index in [4.69, 9.17) is 0 Å². The monoisotopic (exact) mass is 134 g/mol. The second-order valence-electron chi connectivity index (χ2n) is 2.51. The molecule has 0 bridgehead atoms. The summed E-state index contributed by atoms with van der Waals surface area (Å²) in [6.45, 7) is 0.995. The number of hydrogen-bond donors (Lipinski definition) is 0. The van der Waals surface area contributed by atoms with Crippen LogP contribution in [0.3, 0.4) is 0 Å². The molecule has 0 N–H and O–H groups in total. The molecular weight excluding hydrogens is 124 g/mol. The highest BCUT2D eigenvalue weighted by atomic mass is 15.2. The molecule has 2 heteroatoms. The van der Waals surface area contributed by atoms with E-state index in [2.05, 4.69) is 28.2 Å². The van der Waals surface area contributed by atoms with Crippen molar-refractivity contribution in [3.8, 4) is 0 Å². The van der Waals surface area contributed by atoms with Crippen LogP contribution in [-0.4, -0.2) is 17.3 Å². The molecule has 2 nitrogen and oxygen atoms in total. The molecule has 0 aliphatic carbocycles. The van der Waals surface area contributed by atoms with Gasteiger partial charge in [-0.2, -0.15) is 0 Å². The highest BCUT2D eigenvalue weighted by Gasteiger charge is 2.11. The molecule has 2 rings (SSSR count). The van der Waals surface area contributed by atoms with Crippen molar-refractivity contribution in [2.45, 2.75) is 12.8 Å². The van der Waals surface area contributed by atoms with Crippen molar-refractivity contribution in [3.05, 3.63) is 24.6 Å².